The van der Waals surface area contributed by atoms with Gasteiger partial charge < -0.3 is 5.73 Å². The van der Waals surface area contributed by atoms with Crippen molar-refractivity contribution in [2.24, 2.45) is 5.73 Å². The normalized spacial score (nSPS) is 13.6. The first kappa shape index (κ1) is 14.1. The Morgan fingerprint density at radius 1 is 1.47 bits per heavy atom. The van der Waals surface area contributed by atoms with Crippen molar-refractivity contribution in [3.8, 4) is 0 Å². The van der Waals surface area contributed by atoms with Crippen molar-refractivity contribution < 1.29 is 4.39 Å². The Morgan fingerprint density at radius 2 is 2.12 bits per heavy atom. The minimum Gasteiger partial charge on any atom is -0.402 e. The smallest absolute Gasteiger partial charge is 0.142 e. The minimum atomic E-state index is -0.421. The van der Waals surface area contributed by atoms with Gasteiger partial charge in [-0.15, -0.1) is 12.6 Å². The summed E-state index contributed by atoms with van der Waals surface area (Å²) >= 11 is 9.79. The highest BCUT2D eigenvalue weighted by Crippen LogP contribution is 2.18. The van der Waals surface area contributed by atoms with E-state index in [-0.39, 0.29) is 5.02 Å². The van der Waals surface area contributed by atoms with Crippen molar-refractivity contribution in [2.45, 2.75) is 20.3 Å². The molecule has 0 aliphatic carbocycles. The first-order valence-corrected chi connectivity index (χ1v) is 5.99. The summed E-state index contributed by atoms with van der Waals surface area (Å²) in [5, 5.41) is 0.124. The van der Waals surface area contributed by atoms with Crippen LogP contribution in [0.5, 0.6) is 0 Å². The third-order valence-electron chi connectivity index (χ3n) is 2.31. The number of nitrogens with two attached hydrogens (primary N) is 1. The minimum absolute atomic E-state index is 0.124. The van der Waals surface area contributed by atoms with E-state index in [4.69, 9.17) is 17.3 Å². The van der Waals surface area contributed by atoms with Gasteiger partial charge in [0.1, 0.15) is 5.82 Å². The third-order valence-corrected chi connectivity index (χ3v) is 2.75. The monoisotopic (exact) mass is 271 g/mol. The summed E-state index contributed by atoms with van der Waals surface area (Å²) in [7, 11) is 0. The van der Waals surface area contributed by atoms with E-state index in [1.165, 1.54) is 12.1 Å². The SMILES string of the molecule is CC(/C=C(\C)S)=C(/N)Cc1ccc(Cl)c(F)c1. The quantitative estimate of drug-likeness (QED) is 0.629. The van der Waals surface area contributed by atoms with Gasteiger partial charge in [-0.25, -0.2) is 4.39 Å². The van der Waals surface area contributed by atoms with Crippen molar-refractivity contribution in [3.05, 3.63) is 56.9 Å². The topological polar surface area (TPSA) is 26.0 Å². The highest BCUT2D eigenvalue weighted by atomic mass is 35.5. The molecule has 0 radical (unpaired) electrons. The molecule has 17 heavy (non-hydrogen) atoms. The van der Waals surface area contributed by atoms with Gasteiger partial charge in [-0.1, -0.05) is 17.7 Å². The van der Waals surface area contributed by atoms with E-state index in [2.05, 4.69) is 12.6 Å². The van der Waals surface area contributed by atoms with Crippen molar-refractivity contribution in [2.75, 3.05) is 0 Å². The van der Waals surface area contributed by atoms with Gasteiger partial charge in [0.15, 0.2) is 0 Å². The molecule has 0 aromatic heterocycles. The van der Waals surface area contributed by atoms with Gasteiger partial charge in [0.2, 0.25) is 0 Å². The zero-order chi connectivity index (χ0) is 13.0. The third kappa shape index (κ3) is 4.44. The molecule has 0 fully saturated rings. The van der Waals surface area contributed by atoms with Crippen molar-refractivity contribution in [1.82, 2.24) is 0 Å². The predicted octanol–water partition coefficient (Wildman–Crippen LogP) is 4.09. The van der Waals surface area contributed by atoms with Crippen LogP contribution >= 0.6 is 24.2 Å². The van der Waals surface area contributed by atoms with Crippen LogP contribution in [0.25, 0.3) is 0 Å². The average molecular weight is 272 g/mol. The summed E-state index contributed by atoms with van der Waals surface area (Å²) < 4.78 is 13.2. The molecular formula is C13H15ClFNS. The van der Waals surface area contributed by atoms with Crippen LogP contribution in [0.15, 0.2) is 40.5 Å². The molecule has 0 heterocycles. The van der Waals surface area contributed by atoms with E-state index in [0.717, 1.165) is 16.0 Å². The van der Waals surface area contributed by atoms with Gasteiger partial charge >= 0.3 is 0 Å². The molecule has 4 heteroatoms. The van der Waals surface area contributed by atoms with E-state index in [9.17, 15) is 4.39 Å². The maximum atomic E-state index is 13.2. The van der Waals surface area contributed by atoms with Crippen LogP contribution in [0, 0.1) is 5.82 Å². The predicted molar refractivity (Wildman–Crippen MR) is 74.7 cm³/mol. The molecule has 1 rings (SSSR count). The van der Waals surface area contributed by atoms with E-state index in [0.29, 0.717) is 12.1 Å². The van der Waals surface area contributed by atoms with Crippen LogP contribution < -0.4 is 5.73 Å². The van der Waals surface area contributed by atoms with Crippen LogP contribution in [0.3, 0.4) is 0 Å². The zero-order valence-corrected chi connectivity index (χ0v) is 11.4. The Bertz CT molecular complexity index is 476. The molecule has 0 amide bonds. The molecule has 1 aromatic rings. The lowest BCUT2D eigenvalue weighted by molar-refractivity contribution is 0.626. The molecule has 0 saturated carbocycles. The molecule has 0 unspecified atom stereocenters. The van der Waals surface area contributed by atoms with Crippen LogP contribution in [0.4, 0.5) is 4.39 Å². The number of rotatable bonds is 3. The lowest BCUT2D eigenvalue weighted by atomic mass is 10.1. The Kier molecular flexibility index (Phi) is 5.09. The van der Waals surface area contributed by atoms with E-state index in [1.54, 1.807) is 6.07 Å². The van der Waals surface area contributed by atoms with Gasteiger partial charge in [-0.2, -0.15) is 0 Å². The number of hydrogen-bond donors (Lipinski definition) is 2. The second kappa shape index (κ2) is 6.12. The van der Waals surface area contributed by atoms with Crippen LogP contribution in [0.1, 0.15) is 19.4 Å². The average Bonchev–Trinajstić information content (AvgIpc) is 2.22. The van der Waals surface area contributed by atoms with E-state index < -0.39 is 5.82 Å². The summed E-state index contributed by atoms with van der Waals surface area (Å²) in [5.74, 6) is -0.421. The number of thiol groups is 1. The summed E-state index contributed by atoms with van der Waals surface area (Å²) in [5.41, 5.74) is 8.36. The van der Waals surface area contributed by atoms with Crippen LogP contribution in [0.2, 0.25) is 5.02 Å². The van der Waals surface area contributed by atoms with Gasteiger partial charge in [-0.05, 0) is 48.1 Å². The maximum Gasteiger partial charge on any atom is 0.142 e. The molecule has 2 N–H and O–H groups in total. The molecule has 0 aliphatic heterocycles. The highest BCUT2D eigenvalue weighted by molar-refractivity contribution is 7.84. The standard InChI is InChI=1S/C13H15ClFNS/c1-8(5-9(2)17)13(16)7-10-3-4-11(14)12(15)6-10/h3-6,17H,7,16H2,1-2H3/b9-5+,13-8-. The largest absolute Gasteiger partial charge is 0.402 e. The van der Waals surface area contributed by atoms with Crippen LogP contribution in [-0.4, -0.2) is 0 Å². The number of benzene rings is 1. The molecule has 92 valence electrons. The maximum absolute atomic E-state index is 13.2. The van der Waals surface area contributed by atoms with Gasteiger partial charge in [0, 0.05) is 12.1 Å². The van der Waals surface area contributed by atoms with Crippen molar-refractivity contribution in [1.29, 1.82) is 0 Å². The van der Waals surface area contributed by atoms with Crippen molar-refractivity contribution in [3.63, 3.8) is 0 Å². The Labute approximate surface area is 112 Å². The zero-order valence-electron chi connectivity index (χ0n) is 9.80. The number of allylic oxidation sites excluding steroid dienone is 4. The van der Waals surface area contributed by atoms with Gasteiger partial charge in [0.05, 0.1) is 5.02 Å². The molecule has 0 atom stereocenters. The van der Waals surface area contributed by atoms with Gasteiger partial charge in [0.25, 0.3) is 0 Å². The first-order valence-electron chi connectivity index (χ1n) is 5.16. The fraction of sp³-hybridized carbons (Fsp3) is 0.231. The second-order valence-corrected chi connectivity index (χ2v) is 5.03. The van der Waals surface area contributed by atoms with E-state index in [1.807, 2.05) is 19.9 Å². The molecule has 0 aliphatic rings. The summed E-state index contributed by atoms with van der Waals surface area (Å²) in [6.07, 6.45) is 2.38. The Hall–Kier alpha value is -0.930. The molecule has 1 nitrogen and oxygen atoms in total. The number of hydrogen-bond acceptors (Lipinski definition) is 2. The lowest BCUT2D eigenvalue weighted by Crippen LogP contribution is -2.04. The van der Waals surface area contributed by atoms with Crippen LogP contribution in [-0.2, 0) is 6.42 Å². The molecule has 0 saturated heterocycles. The Balaban J connectivity index is 2.91. The molecular weight excluding hydrogens is 257 g/mol. The summed E-state index contributed by atoms with van der Waals surface area (Å²) in [4.78, 5) is 0.882. The summed E-state index contributed by atoms with van der Waals surface area (Å²) in [6.45, 7) is 3.78. The fourth-order valence-electron chi connectivity index (χ4n) is 1.41. The lowest BCUT2D eigenvalue weighted by Gasteiger charge is -2.06. The second-order valence-electron chi connectivity index (χ2n) is 3.92. The molecule has 1 aromatic carbocycles. The first-order chi connectivity index (χ1) is 7.90. The fourth-order valence-corrected chi connectivity index (χ4v) is 1.73. The number of halogens is 2. The molecule has 0 bridgehead atoms. The van der Waals surface area contributed by atoms with Gasteiger partial charge in [-0.3, -0.25) is 0 Å². The Morgan fingerprint density at radius 3 is 2.65 bits per heavy atom. The van der Waals surface area contributed by atoms with E-state index >= 15 is 0 Å². The van der Waals surface area contributed by atoms with Crippen molar-refractivity contribution >= 4 is 24.2 Å². The molecule has 0 spiro atoms. The highest BCUT2D eigenvalue weighted by Gasteiger charge is 2.03. The summed E-state index contributed by atoms with van der Waals surface area (Å²) in [6, 6.07) is 4.71.